The summed E-state index contributed by atoms with van der Waals surface area (Å²) in [6.45, 7) is 8.40. The SMILES string of the molecule is CCCC(=O)O[C@@]12[C@H](O/C(O)=C/[N+]#N)[C@@H](C)[C@@]3(O)[C@@H](C=C(CO)C[C@]4(O)C(=O)C(C)=C[C@@H]34)[C@@H]1C2(C)C. The van der Waals surface area contributed by atoms with Gasteiger partial charge in [0.25, 0.3) is 0 Å². The van der Waals surface area contributed by atoms with Gasteiger partial charge in [-0.2, -0.15) is 0 Å². The lowest BCUT2D eigenvalue weighted by molar-refractivity contribution is -0.228. The van der Waals surface area contributed by atoms with Crippen molar-refractivity contribution in [3.8, 4) is 0 Å². The molecule has 0 aromatic carbocycles. The Balaban J connectivity index is 1.95. The van der Waals surface area contributed by atoms with Crippen molar-refractivity contribution in [2.45, 2.75) is 76.8 Å². The summed E-state index contributed by atoms with van der Waals surface area (Å²) in [6, 6.07) is 0. The molecule has 10 heteroatoms. The van der Waals surface area contributed by atoms with E-state index >= 15 is 0 Å². The standard InChI is InChI=1S/C26H34N2O8/c1-6-7-18(30)36-26-20(23(26,4)5)16-9-15(12-29)10-24(33)17(8-13(2)21(24)32)25(16,34)14(3)22(26)35-19(31)11-28-27/h8-9,11,14,16-17,20,22,29,33-34H,6-7,10,12H2,1-5H3/p+1/b19-11+/t14-,16+,17-,20-,22-,24-,25-,26-/m1/s1. The molecular weight excluding hydrogens is 468 g/mol. The highest BCUT2D eigenvalue weighted by Crippen LogP contribution is 2.77. The summed E-state index contributed by atoms with van der Waals surface area (Å²) in [7, 11) is 0. The Labute approximate surface area is 209 Å². The molecule has 0 aromatic rings. The second-order valence-corrected chi connectivity index (χ2v) is 11.3. The topological polar surface area (TPSA) is 162 Å². The van der Waals surface area contributed by atoms with Gasteiger partial charge in [0.2, 0.25) is 5.39 Å². The Morgan fingerprint density at radius 1 is 1.31 bits per heavy atom. The predicted molar refractivity (Wildman–Crippen MR) is 126 cm³/mol. The molecule has 2 saturated carbocycles. The number of hydrogen-bond donors (Lipinski definition) is 4. The summed E-state index contributed by atoms with van der Waals surface area (Å²) in [5.41, 5.74) is -5.08. The minimum absolute atomic E-state index is 0.151. The molecule has 4 rings (SSSR count). The number of ketones is 1. The van der Waals surface area contributed by atoms with E-state index < -0.39 is 76.3 Å². The highest BCUT2D eigenvalue weighted by Gasteiger charge is 2.87. The van der Waals surface area contributed by atoms with E-state index in [0.717, 1.165) is 0 Å². The summed E-state index contributed by atoms with van der Waals surface area (Å²) in [5, 5.41) is 53.5. The fraction of sp³-hybridized carbons (Fsp3) is 0.692. The predicted octanol–water partition coefficient (Wildman–Crippen LogP) is 2.52. The van der Waals surface area contributed by atoms with Crippen LogP contribution < -0.4 is 0 Å². The van der Waals surface area contributed by atoms with Crippen molar-refractivity contribution < 1.29 is 39.5 Å². The molecule has 4 N–H and O–H groups in total. The van der Waals surface area contributed by atoms with Crippen molar-refractivity contribution in [3.63, 3.8) is 0 Å². The van der Waals surface area contributed by atoms with Gasteiger partial charge in [-0.15, -0.1) is 0 Å². The van der Waals surface area contributed by atoms with E-state index in [-0.39, 0.29) is 12.8 Å². The van der Waals surface area contributed by atoms with Gasteiger partial charge < -0.3 is 29.9 Å². The molecule has 4 aliphatic carbocycles. The van der Waals surface area contributed by atoms with Gasteiger partial charge in [-0.1, -0.05) is 39.8 Å². The number of hydrogen-bond acceptors (Lipinski definition) is 9. The van der Waals surface area contributed by atoms with Crippen LogP contribution in [-0.4, -0.2) is 61.7 Å². The molecule has 0 saturated heterocycles. The van der Waals surface area contributed by atoms with Crippen molar-refractivity contribution in [2.24, 2.45) is 29.1 Å². The molecule has 0 heterocycles. The van der Waals surface area contributed by atoms with E-state index in [2.05, 4.69) is 4.98 Å². The second kappa shape index (κ2) is 8.40. The van der Waals surface area contributed by atoms with Crippen LogP contribution in [0.25, 0.3) is 4.98 Å². The second-order valence-electron chi connectivity index (χ2n) is 11.3. The van der Waals surface area contributed by atoms with E-state index in [0.29, 0.717) is 23.8 Å². The first-order valence-corrected chi connectivity index (χ1v) is 12.4. The monoisotopic (exact) mass is 503 g/mol. The maximum Gasteiger partial charge on any atom is 0.429 e. The molecule has 0 radical (unpaired) electrons. The Morgan fingerprint density at radius 2 is 1.97 bits per heavy atom. The van der Waals surface area contributed by atoms with E-state index in [1.807, 2.05) is 20.8 Å². The summed E-state index contributed by atoms with van der Waals surface area (Å²) in [4.78, 5) is 28.7. The number of ether oxygens (including phenoxy) is 2. The number of carbonyl (C=O) groups excluding carboxylic acids is 2. The average Bonchev–Trinajstić information content (AvgIpc) is 3.23. The molecule has 36 heavy (non-hydrogen) atoms. The zero-order valence-electron chi connectivity index (χ0n) is 21.3. The van der Waals surface area contributed by atoms with E-state index in [9.17, 15) is 30.0 Å². The van der Waals surface area contributed by atoms with Gasteiger partial charge in [-0.05, 0) is 24.5 Å². The van der Waals surface area contributed by atoms with Crippen molar-refractivity contribution in [1.82, 2.24) is 0 Å². The van der Waals surface area contributed by atoms with Crippen LogP contribution in [0.3, 0.4) is 0 Å². The van der Waals surface area contributed by atoms with Crippen LogP contribution in [0.2, 0.25) is 0 Å². The Kier molecular flexibility index (Phi) is 6.14. The van der Waals surface area contributed by atoms with Crippen molar-refractivity contribution in [1.29, 1.82) is 5.39 Å². The molecule has 10 nitrogen and oxygen atoms in total. The van der Waals surface area contributed by atoms with Gasteiger partial charge in [-0.25, -0.2) is 0 Å². The summed E-state index contributed by atoms with van der Waals surface area (Å²) in [6.07, 6.45) is 3.41. The zero-order valence-corrected chi connectivity index (χ0v) is 21.3. The number of carbonyl (C=O) groups is 2. The number of esters is 1. The molecule has 0 bridgehead atoms. The number of diazo groups is 1. The molecule has 0 aromatic heterocycles. The Bertz CT molecular complexity index is 1120. The average molecular weight is 504 g/mol. The quantitative estimate of drug-likeness (QED) is 0.185. The summed E-state index contributed by atoms with van der Waals surface area (Å²) < 4.78 is 11.9. The third kappa shape index (κ3) is 3.22. The van der Waals surface area contributed by atoms with Gasteiger partial charge in [-0.3, -0.25) is 9.59 Å². The first-order chi connectivity index (χ1) is 16.8. The van der Waals surface area contributed by atoms with E-state index in [4.69, 9.17) is 14.9 Å². The number of aliphatic hydroxyl groups is 4. The minimum atomic E-state index is -1.98. The molecule has 0 aliphatic heterocycles. The van der Waals surface area contributed by atoms with Crippen LogP contribution in [0.1, 0.15) is 53.9 Å². The van der Waals surface area contributed by atoms with Crippen LogP contribution in [0.15, 0.2) is 35.4 Å². The third-order valence-corrected chi connectivity index (χ3v) is 9.11. The molecule has 2 fully saturated rings. The molecule has 8 atom stereocenters. The first-order valence-electron chi connectivity index (χ1n) is 12.4. The number of rotatable bonds is 6. The van der Waals surface area contributed by atoms with Gasteiger partial charge in [0.1, 0.15) is 11.7 Å². The van der Waals surface area contributed by atoms with E-state index in [1.54, 1.807) is 26.0 Å². The maximum atomic E-state index is 13.1. The zero-order chi connectivity index (χ0) is 26.8. The molecular formula is C26H35N2O8+. The normalized spacial score (nSPS) is 42.6. The fourth-order valence-electron chi connectivity index (χ4n) is 7.48. The van der Waals surface area contributed by atoms with Gasteiger partial charge >= 0.3 is 18.1 Å². The number of fused-ring (bicyclic) bond motifs is 5. The van der Waals surface area contributed by atoms with Crippen LogP contribution in [-0.2, 0) is 19.1 Å². The fourth-order valence-corrected chi connectivity index (χ4v) is 7.48. The smallest absolute Gasteiger partial charge is 0.429 e. The Morgan fingerprint density at radius 3 is 2.56 bits per heavy atom. The molecule has 4 aliphatic rings. The lowest BCUT2D eigenvalue weighted by Gasteiger charge is -2.53. The maximum absolute atomic E-state index is 13.1. The van der Waals surface area contributed by atoms with Gasteiger partial charge in [0, 0.05) is 41.9 Å². The van der Waals surface area contributed by atoms with Crippen molar-refractivity contribution >= 4 is 11.8 Å². The Hall–Kier alpha value is -2.74. The van der Waals surface area contributed by atoms with Crippen LogP contribution >= 0.6 is 0 Å². The molecule has 0 unspecified atom stereocenters. The number of aliphatic hydroxyl groups excluding tert-OH is 2. The highest BCUT2D eigenvalue weighted by atomic mass is 16.6. The van der Waals surface area contributed by atoms with Crippen molar-refractivity contribution in [3.05, 3.63) is 40.4 Å². The number of nitrogens with zero attached hydrogens (tertiary/aromatic N) is 2. The molecule has 196 valence electrons. The highest BCUT2D eigenvalue weighted by molar-refractivity contribution is 6.04. The first kappa shape index (κ1) is 26.3. The van der Waals surface area contributed by atoms with Crippen LogP contribution in [0.5, 0.6) is 0 Å². The van der Waals surface area contributed by atoms with Crippen LogP contribution in [0, 0.1) is 34.5 Å². The van der Waals surface area contributed by atoms with Crippen LogP contribution in [0.4, 0.5) is 0 Å². The van der Waals surface area contributed by atoms with Crippen molar-refractivity contribution in [2.75, 3.05) is 6.61 Å². The lowest BCUT2D eigenvalue weighted by atomic mass is 9.59. The lowest BCUT2D eigenvalue weighted by Crippen LogP contribution is -2.66. The third-order valence-electron chi connectivity index (χ3n) is 9.11. The molecule has 0 spiro atoms. The van der Waals surface area contributed by atoms with Gasteiger partial charge in [0.05, 0.1) is 12.2 Å². The number of Topliss-reactive ketones (excluding diaryl/α,β-unsaturated/α-hetero) is 1. The summed E-state index contributed by atoms with van der Waals surface area (Å²) >= 11 is 0. The van der Waals surface area contributed by atoms with Gasteiger partial charge in [0.15, 0.2) is 16.4 Å². The minimum Gasteiger partial charge on any atom is -0.476 e. The summed E-state index contributed by atoms with van der Waals surface area (Å²) in [5.74, 6) is -4.92. The molecule has 0 amide bonds. The largest absolute Gasteiger partial charge is 0.476 e. The van der Waals surface area contributed by atoms with E-state index in [1.165, 1.54) is 0 Å².